The zero-order valence-corrected chi connectivity index (χ0v) is 16.6. The molecule has 27 heavy (non-hydrogen) atoms. The third-order valence-electron chi connectivity index (χ3n) is 4.05. The predicted molar refractivity (Wildman–Crippen MR) is 111 cm³/mol. The van der Waals surface area contributed by atoms with Crippen molar-refractivity contribution in [1.82, 2.24) is 15.6 Å². The summed E-state index contributed by atoms with van der Waals surface area (Å²) in [6.07, 6.45) is 0.337. The molecule has 144 valence electrons. The SMILES string of the molecule is CCNC(=NCc1ccc(C)cc1C)NCCC(=O)Nc1cccc(C)n1. The van der Waals surface area contributed by atoms with Crippen molar-refractivity contribution in [2.24, 2.45) is 4.99 Å². The van der Waals surface area contributed by atoms with Crippen LogP contribution >= 0.6 is 0 Å². The van der Waals surface area contributed by atoms with Crippen LogP contribution in [0.25, 0.3) is 0 Å². The average molecular weight is 367 g/mol. The molecule has 6 nitrogen and oxygen atoms in total. The smallest absolute Gasteiger partial charge is 0.227 e. The summed E-state index contributed by atoms with van der Waals surface area (Å²) in [6.45, 7) is 9.96. The standard InChI is InChI=1S/C21H29N5O/c1-5-22-21(24-14-18-10-9-15(2)13-16(18)3)23-12-11-20(27)26-19-8-6-7-17(4)25-19/h6-10,13H,5,11-12,14H2,1-4H3,(H2,22,23,24)(H,25,26,27). The highest BCUT2D eigenvalue weighted by Gasteiger charge is 2.05. The van der Waals surface area contributed by atoms with E-state index in [9.17, 15) is 4.79 Å². The van der Waals surface area contributed by atoms with Crippen LogP contribution in [0.3, 0.4) is 0 Å². The van der Waals surface area contributed by atoms with Crippen molar-refractivity contribution in [1.29, 1.82) is 0 Å². The van der Waals surface area contributed by atoms with Gasteiger partial charge >= 0.3 is 0 Å². The number of carbonyl (C=O) groups excluding carboxylic acids is 1. The lowest BCUT2D eigenvalue weighted by atomic mass is 10.1. The van der Waals surface area contributed by atoms with Crippen molar-refractivity contribution in [2.75, 3.05) is 18.4 Å². The number of aromatic nitrogens is 1. The number of anilines is 1. The molecule has 0 saturated carbocycles. The molecule has 1 amide bonds. The van der Waals surface area contributed by atoms with Crippen LogP contribution in [0, 0.1) is 20.8 Å². The van der Waals surface area contributed by atoms with Gasteiger partial charge in [-0.2, -0.15) is 0 Å². The second-order valence-corrected chi connectivity index (χ2v) is 6.51. The van der Waals surface area contributed by atoms with E-state index in [0.29, 0.717) is 31.3 Å². The number of guanidine groups is 1. The lowest BCUT2D eigenvalue weighted by Gasteiger charge is -2.12. The molecule has 0 aliphatic rings. The summed E-state index contributed by atoms with van der Waals surface area (Å²) in [5.41, 5.74) is 4.55. The van der Waals surface area contributed by atoms with E-state index in [1.807, 2.05) is 26.0 Å². The molecule has 0 aliphatic heterocycles. The normalized spacial score (nSPS) is 11.2. The van der Waals surface area contributed by atoms with Gasteiger partial charge in [0.15, 0.2) is 5.96 Å². The molecule has 3 N–H and O–H groups in total. The van der Waals surface area contributed by atoms with Crippen LogP contribution in [0.4, 0.5) is 5.82 Å². The van der Waals surface area contributed by atoms with Crippen LogP contribution in [0.5, 0.6) is 0 Å². The molecular weight excluding hydrogens is 338 g/mol. The number of rotatable bonds is 7. The maximum Gasteiger partial charge on any atom is 0.227 e. The quantitative estimate of drug-likeness (QED) is 0.519. The van der Waals surface area contributed by atoms with E-state index < -0.39 is 0 Å². The monoisotopic (exact) mass is 367 g/mol. The van der Waals surface area contributed by atoms with Crippen LogP contribution in [0.2, 0.25) is 0 Å². The molecule has 0 saturated heterocycles. The maximum absolute atomic E-state index is 12.1. The van der Waals surface area contributed by atoms with Gasteiger partial charge in [-0.15, -0.1) is 0 Å². The zero-order chi connectivity index (χ0) is 19.6. The Hall–Kier alpha value is -2.89. The van der Waals surface area contributed by atoms with E-state index >= 15 is 0 Å². The maximum atomic E-state index is 12.1. The summed E-state index contributed by atoms with van der Waals surface area (Å²) in [7, 11) is 0. The first-order valence-corrected chi connectivity index (χ1v) is 9.29. The van der Waals surface area contributed by atoms with Gasteiger partial charge in [-0.25, -0.2) is 9.98 Å². The Kier molecular flexibility index (Phi) is 7.79. The first kappa shape index (κ1) is 20.4. The van der Waals surface area contributed by atoms with Crippen LogP contribution < -0.4 is 16.0 Å². The van der Waals surface area contributed by atoms with E-state index in [1.165, 1.54) is 16.7 Å². The number of aliphatic imine (C=N–C) groups is 1. The Morgan fingerprint density at radius 2 is 1.93 bits per heavy atom. The van der Waals surface area contributed by atoms with Crippen molar-refractivity contribution in [2.45, 2.75) is 40.7 Å². The fourth-order valence-corrected chi connectivity index (χ4v) is 2.64. The molecule has 0 bridgehead atoms. The summed E-state index contributed by atoms with van der Waals surface area (Å²) in [5, 5.41) is 9.23. The summed E-state index contributed by atoms with van der Waals surface area (Å²) in [5.74, 6) is 1.21. The number of nitrogens with one attached hydrogen (secondary N) is 3. The van der Waals surface area contributed by atoms with Crippen molar-refractivity contribution in [3.05, 3.63) is 58.8 Å². The molecular formula is C21H29N5O. The number of amides is 1. The second-order valence-electron chi connectivity index (χ2n) is 6.51. The van der Waals surface area contributed by atoms with E-state index in [2.05, 4.69) is 58.0 Å². The van der Waals surface area contributed by atoms with Gasteiger partial charge < -0.3 is 16.0 Å². The zero-order valence-electron chi connectivity index (χ0n) is 16.6. The molecule has 0 spiro atoms. The molecule has 1 aromatic heterocycles. The molecule has 6 heteroatoms. The Morgan fingerprint density at radius 1 is 1.11 bits per heavy atom. The summed E-state index contributed by atoms with van der Waals surface area (Å²) < 4.78 is 0. The highest BCUT2D eigenvalue weighted by molar-refractivity contribution is 5.90. The number of hydrogen-bond donors (Lipinski definition) is 3. The summed E-state index contributed by atoms with van der Waals surface area (Å²) >= 11 is 0. The molecule has 2 rings (SSSR count). The minimum absolute atomic E-state index is 0.0779. The third kappa shape index (κ3) is 7.09. The van der Waals surface area contributed by atoms with Crippen LogP contribution in [-0.4, -0.2) is 29.9 Å². The number of aryl methyl sites for hydroxylation is 3. The summed E-state index contributed by atoms with van der Waals surface area (Å²) in [4.78, 5) is 21.0. The fraction of sp³-hybridized carbons (Fsp3) is 0.381. The largest absolute Gasteiger partial charge is 0.357 e. The van der Waals surface area contributed by atoms with E-state index in [-0.39, 0.29) is 5.91 Å². The number of carbonyl (C=O) groups is 1. The van der Waals surface area contributed by atoms with Gasteiger partial charge in [0.25, 0.3) is 0 Å². The summed E-state index contributed by atoms with van der Waals surface area (Å²) in [6, 6.07) is 11.9. The van der Waals surface area contributed by atoms with E-state index in [4.69, 9.17) is 0 Å². The molecule has 0 radical (unpaired) electrons. The number of hydrogen-bond acceptors (Lipinski definition) is 3. The van der Waals surface area contributed by atoms with Gasteiger partial charge in [0.05, 0.1) is 6.54 Å². The highest BCUT2D eigenvalue weighted by Crippen LogP contribution is 2.11. The van der Waals surface area contributed by atoms with E-state index in [1.54, 1.807) is 6.07 Å². The molecule has 1 aromatic carbocycles. The highest BCUT2D eigenvalue weighted by atomic mass is 16.1. The average Bonchev–Trinajstić information content (AvgIpc) is 2.61. The predicted octanol–water partition coefficient (Wildman–Crippen LogP) is 3.09. The van der Waals surface area contributed by atoms with Crippen molar-refractivity contribution in [3.63, 3.8) is 0 Å². The van der Waals surface area contributed by atoms with Gasteiger partial charge in [-0.3, -0.25) is 4.79 Å². The molecule has 0 atom stereocenters. The van der Waals surface area contributed by atoms with Crippen LogP contribution in [-0.2, 0) is 11.3 Å². The van der Waals surface area contributed by atoms with Crippen molar-refractivity contribution < 1.29 is 4.79 Å². The molecule has 0 fully saturated rings. The minimum atomic E-state index is -0.0779. The van der Waals surface area contributed by atoms with E-state index in [0.717, 1.165) is 12.2 Å². The van der Waals surface area contributed by atoms with Gasteiger partial charge in [0, 0.05) is 25.2 Å². The fourth-order valence-electron chi connectivity index (χ4n) is 2.64. The Morgan fingerprint density at radius 3 is 2.63 bits per heavy atom. The minimum Gasteiger partial charge on any atom is -0.357 e. The lowest BCUT2D eigenvalue weighted by Crippen LogP contribution is -2.38. The van der Waals surface area contributed by atoms with Gasteiger partial charge in [0.2, 0.25) is 5.91 Å². The van der Waals surface area contributed by atoms with Crippen molar-refractivity contribution in [3.8, 4) is 0 Å². The molecule has 1 heterocycles. The number of benzene rings is 1. The lowest BCUT2D eigenvalue weighted by molar-refractivity contribution is -0.116. The van der Waals surface area contributed by atoms with Gasteiger partial charge in [-0.05, 0) is 51.0 Å². The van der Waals surface area contributed by atoms with Gasteiger partial charge in [-0.1, -0.05) is 29.8 Å². The third-order valence-corrected chi connectivity index (χ3v) is 4.05. The van der Waals surface area contributed by atoms with Gasteiger partial charge in [0.1, 0.15) is 5.82 Å². The molecule has 0 aliphatic carbocycles. The van der Waals surface area contributed by atoms with Crippen LogP contribution in [0.1, 0.15) is 35.7 Å². The topological polar surface area (TPSA) is 78.4 Å². The first-order chi connectivity index (χ1) is 13.0. The molecule has 0 unspecified atom stereocenters. The Balaban J connectivity index is 1.85. The number of pyridine rings is 1. The first-order valence-electron chi connectivity index (χ1n) is 9.29. The Labute approximate surface area is 161 Å². The van der Waals surface area contributed by atoms with Crippen LogP contribution in [0.15, 0.2) is 41.4 Å². The van der Waals surface area contributed by atoms with Crippen molar-refractivity contribution >= 4 is 17.7 Å². The molecule has 2 aromatic rings. The Bertz CT molecular complexity index is 801. The second kappa shape index (κ2) is 10.3. The number of nitrogens with zero attached hydrogens (tertiary/aromatic N) is 2.